The number of hydrogen-bond acceptors (Lipinski definition) is 2. The van der Waals surface area contributed by atoms with Gasteiger partial charge in [0.1, 0.15) is 10.8 Å². The van der Waals surface area contributed by atoms with Crippen LogP contribution in [-0.4, -0.2) is 4.98 Å². The van der Waals surface area contributed by atoms with Gasteiger partial charge in [0.25, 0.3) is 0 Å². The Labute approximate surface area is 96.2 Å². The molecule has 0 aliphatic heterocycles. The predicted octanol–water partition coefficient (Wildman–Crippen LogP) is 4.10. The number of halogens is 1. The Morgan fingerprint density at radius 1 is 1.00 bits per heavy atom. The molecule has 0 N–H and O–H groups in total. The van der Waals surface area contributed by atoms with E-state index in [9.17, 15) is 4.39 Å². The first-order valence-electron chi connectivity index (χ1n) is 4.94. The van der Waals surface area contributed by atoms with Gasteiger partial charge in [0.05, 0.1) is 10.2 Å². The van der Waals surface area contributed by atoms with Crippen molar-refractivity contribution in [3.05, 3.63) is 54.3 Å². The lowest BCUT2D eigenvalue weighted by Gasteiger charge is -1.92. The van der Waals surface area contributed by atoms with Crippen LogP contribution in [0.15, 0.2) is 48.5 Å². The lowest BCUT2D eigenvalue weighted by atomic mass is 10.2. The molecular weight excluding hydrogens is 221 g/mol. The van der Waals surface area contributed by atoms with Crippen molar-refractivity contribution in [2.45, 2.75) is 0 Å². The molecule has 0 saturated carbocycles. The number of thiazole rings is 1. The van der Waals surface area contributed by atoms with Gasteiger partial charge in [-0.05, 0) is 12.1 Å². The van der Waals surface area contributed by atoms with Gasteiger partial charge in [-0.3, -0.25) is 0 Å². The van der Waals surface area contributed by atoms with Crippen LogP contribution in [0, 0.1) is 5.82 Å². The summed E-state index contributed by atoms with van der Waals surface area (Å²) in [6.45, 7) is 0. The highest BCUT2D eigenvalue weighted by atomic mass is 32.1. The highest BCUT2D eigenvalue weighted by Gasteiger charge is 2.05. The largest absolute Gasteiger partial charge is 0.236 e. The van der Waals surface area contributed by atoms with Gasteiger partial charge in [-0.25, -0.2) is 9.37 Å². The molecule has 1 aromatic heterocycles. The van der Waals surface area contributed by atoms with Crippen LogP contribution in [0.2, 0.25) is 0 Å². The third-order valence-corrected chi connectivity index (χ3v) is 3.46. The van der Waals surface area contributed by atoms with E-state index in [0.29, 0.717) is 0 Å². The quantitative estimate of drug-likeness (QED) is 0.612. The van der Waals surface area contributed by atoms with Crippen LogP contribution in [0.25, 0.3) is 20.8 Å². The zero-order chi connectivity index (χ0) is 11.0. The molecule has 1 nitrogen and oxygen atoms in total. The molecule has 0 saturated heterocycles. The number of hydrogen-bond donors (Lipinski definition) is 0. The maximum absolute atomic E-state index is 13.0. The fourth-order valence-corrected chi connectivity index (χ4v) is 2.56. The van der Waals surface area contributed by atoms with E-state index < -0.39 is 0 Å². The van der Waals surface area contributed by atoms with Crippen LogP contribution in [0.1, 0.15) is 0 Å². The molecule has 0 bridgehead atoms. The van der Waals surface area contributed by atoms with Crippen molar-refractivity contribution < 1.29 is 4.39 Å². The Morgan fingerprint density at radius 2 is 1.81 bits per heavy atom. The molecule has 0 unspecified atom stereocenters. The highest BCUT2D eigenvalue weighted by Crippen LogP contribution is 2.30. The summed E-state index contributed by atoms with van der Waals surface area (Å²) in [5, 5.41) is 0.932. The second kappa shape index (κ2) is 3.68. The Balaban J connectivity index is 2.19. The molecule has 0 atom stereocenters. The van der Waals surface area contributed by atoms with Gasteiger partial charge in [0.15, 0.2) is 0 Å². The van der Waals surface area contributed by atoms with Crippen molar-refractivity contribution in [3.8, 4) is 10.6 Å². The summed E-state index contributed by atoms with van der Waals surface area (Å²) in [7, 11) is 0. The summed E-state index contributed by atoms with van der Waals surface area (Å²) in [6, 6.07) is 14.6. The fraction of sp³-hybridized carbons (Fsp3) is 0. The molecule has 1 heterocycles. The molecule has 3 heteroatoms. The Morgan fingerprint density at radius 3 is 2.62 bits per heavy atom. The van der Waals surface area contributed by atoms with E-state index in [-0.39, 0.29) is 5.82 Å². The van der Waals surface area contributed by atoms with Gasteiger partial charge in [-0.2, -0.15) is 0 Å². The Kier molecular flexibility index (Phi) is 2.18. The van der Waals surface area contributed by atoms with E-state index in [1.54, 1.807) is 17.4 Å². The minimum absolute atomic E-state index is 0.239. The third kappa shape index (κ3) is 1.59. The van der Waals surface area contributed by atoms with Crippen LogP contribution in [0.5, 0.6) is 0 Å². The van der Waals surface area contributed by atoms with Gasteiger partial charge < -0.3 is 0 Å². The van der Waals surface area contributed by atoms with Crippen molar-refractivity contribution >= 4 is 21.6 Å². The number of rotatable bonds is 1. The van der Waals surface area contributed by atoms with E-state index in [2.05, 4.69) is 4.98 Å². The summed E-state index contributed by atoms with van der Waals surface area (Å²) in [4.78, 5) is 4.42. The highest BCUT2D eigenvalue weighted by molar-refractivity contribution is 7.21. The first-order valence-corrected chi connectivity index (χ1v) is 5.76. The SMILES string of the molecule is Fc1ccc2sc(-c3ccccc3)nc2c1. The van der Waals surface area contributed by atoms with Gasteiger partial charge in [0, 0.05) is 11.6 Å². The number of nitrogens with zero attached hydrogens (tertiary/aromatic N) is 1. The van der Waals surface area contributed by atoms with Crippen LogP contribution in [0.3, 0.4) is 0 Å². The summed E-state index contributed by atoms with van der Waals surface area (Å²) in [5.74, 6) is -0.239. The Bertz CT molecular complexity index is 631. The van der Waals surface area contributed by atoms with Gasteiger partial charge in [-0.1, -0.05) is 30.3 Å². The van der Waals surface area contributed by atoms with Gasteiger partial charge >= 0.3 is 0 Å². The molecule has 16 heavy (non-hydrogen) atoms. The number of aromatic nitrogens is 1. The summed E-state index contributed by atoms with van der Waals surface area (Å²) < 4.78 is 14.0. The molecule has 0 fully saturated rings. The molecule has 0 radical (unpaired) electrons. The van der Waals surface area contributed by atoms with Crippen LogP contribution in [0.4, 0.5) is 4.39 Å². The molecule has 0 spiro atoms. The van der Waals surface area contributed by atoms with E-state index >= 15 is 0 Å². The van der Waals surface area contributed by atoms with Crippen LogP contribution < -0.4 is 0 Å². The number of benzene rings is 2. The molecule has 78 valence electrons. The number of fused-ring (bicyclic) bond motifs is 1. The zero-order valence-corrected chi connectivity index (χ0v) is 9.17. The normalized spacial score (nSPS) is 10.8. The van der Waals surface area contributed by atoms with Crippen molar-refractivity contribution in [3.63, 3.8) is 0 Å². The molecule has 3 rings (SSSR count). The van der Waals surface area contributed by atoms with Crippen molar-refractivity contribution in [2.75, 3.05) is 0 Å². The standard InChI is InChI=1S/C13H8FNS/c14-10-6-7-12-11(8-10)15-13(16-12)9-4-2-1-3-5-9/h1-8H. The maximum Gasteiger partial charge on any atom is 0.125 e. The summed E-state index contributed by atoms with van der Waals surface area (Å²) >= 11 is 1.58. The first-order chi connectivity index (χ1) is 7.83. The van der Waals surface area contributed by atoms with Crippen molar-refractivity contribution in [1.82, 2.24) is 4.98 Å². The van der Waals surface area contributed by atoms with Gasteiger partial charge in [-0.15, -0.1) is 11.3 Å². The Hall–Kier alpha value is -1.74. The summed E-state index contributed by atoms with van der Waals surface area (Å²) in [6.07, 6.45) is 0. The lowest BCUT2D eigenvalue weighted by Crippen LogP contribution is -1.75. The molecule has 0 aliphatic carbocycles. The topological polar surface area (TPSA) is 12.9 Å². The zero-order valence-electron chi connectivity index (χ0n) is 8.35. The molecular formula is C13H8FNS. The van der Waals surface area contributed by atoms with Crippen molar-refractivity contribution in [1.29, 1.82) is 0 Å². The maximum atomic E-state index is 13.0. The minimum atomic E-state index is -0.239. The second-order valence-corrected chi connectivity index (χ2v) is 4.53. The molecule has 3 aromatic rings. The average molecular weight is 229 g/mol. The molecule has 2 aromatic carbocycles. The molecule has 0 aliphatic rings. The van der Waals surface area contributed by atoms with Crippen LogP contribution >= 0.6 is 11.3 Å². The van der Waals surface area contributed by atoms with E-state index in [4.69, 9.17) is 0 Å². The lowest BCUT2D eigenvalue weighted by molar-refractivity contribution is 0.629. The minimum Gasteiger partial charge on any atom is -0.236 e. The molecule has 0 amide bonds. The summed E-state index contributed by atoms with van der Waals surface area (Å²) in [5.41, 5.74) is 1.80. The van der Waals surface area contributed by atoms with E-state index in [1.165, 1.54) is 12.1 Å². The predicted molar refractivity (Wildman–Crippen MR) is 65.0 cm³/mol. The smallest absolute Gasteiger partial charge is 0.125 e. The monoisotopic (exact) mass is 229 g/mol. The van der Waals surface area contributed by atoms with Gasteiger partial charge in [0.2, 0.25) is 0 Å². The van der Waals surface area contributed by atoms with E-state index in [0.717, 1.165) is 20.8 Å². The second-order valence-electron chi connectivity index (χ2n) is 3.50. The fourth-order valence-electron chi connectivity index (χ4n) is 1.60. The third-order valence-electron chi connectivity index (χ3n) is 2.37. The van der Waals surface area contributed by atoms with Crippen LogP contribution in [-0.2, 0) is 0 Å². The van der Waals surface area contributed by atoms with Crippen molar-refractivity contribution in [2.24, 2.45) is 0 Å². The average Bonchev–Trinajstić information content (AvgIpc) is 2.73. The first kappa shape index (κ1) is 9.48. The van der Waals surface area contributed by atoms with E-state index in [1.807, 2.05) is 30.3 Å².